The molecule has 0 heterocycles. The molecule has 0 rings (SSSR count). The van der Waals surface area contributed by atoms with E-state index in [9.17, 15) is 4.79 Å². The van der Waals surface area contributed by atoms with E-state index in [0.717, 1.165) is 0 Å². The first-order valence-corrected chi connectivity index (χ1v) is 3.35. The highest BCUT2D eigenvalue weighted by atomic mass is 16.1. The van der Waals surface area contributed by atoms with E-state index in [-0.39, 0.29) is 5.78 Å². The second kappa shape index (κ2) is 4.55. The molecule has 1 N–H and O–H groups in total. The monoisotopic (exact) mass is 154 g/mol. The molecule has 0 aliphatic heterocycles. The largest absolute Gasteiger partial charge is 0.374 e. The summed E-state index contributed by atoms with van der Waals surface area (Å²) in [5.74, 6) is 0.0318. The molecule has 0 fully saturated rings. The molecule has 0 saturated carbocycles. The summed E-state index contributed by atoms with van der Waals surface area (Å²) in [6.07, 6.45) is 3.14. The number of nitrogens with one attached hydrogen (secondary N) is 1. The van der Waals surface area contributed by atoms with Crippen LogP contribution in [0, 0.1) is 0 Å². The Hall–Kier alpha value is -1.25. The highest BCUT2D eigenvalue weighted by Gasteiger charge is 2.03. The molecule has 0 aromatic rings. The summed E-state index contributed by atoms with van der Waals surface area (Å²) in [5, 5.41) is 2.75. The van der Waals surface area contributed by atoms with Crippen molar-refractivity contribution in [3.05, 3.63) is 24.7 Å². The van der Waals surface area contributed by atoms with E-state index in [1.807, 2.05) is 14.1 Å². The number of likely N-dealkylation sites (N-methyl/N-ethyl adjacent to an activating group) is 1. The summed E-state index contributed by atoms with van der Waals surface area (Å²) in [6, 6.07) is 0. The van der Waals surface area contributed by atoms with E-state index < -0.39 is 0 Å². The molecule has 3 nitrogen and oxygen atoms in total. The van der Waals surface area contributed by atoms with Crippen LogP contribution in [0.4, 0.5) is 0 Å². The number of rotatable bonds is 4. The first-order chi connectivity index (χ1) is 5.09. The molecule has 0 aromatic heterocycles. The summed E-state index contributed by atoms with van der Waals surface area (Å²) in [6.45, 7) is 4.99. The Balaban J connectivity index is 4.32. The number of carbonyl (C=O) groups is 1. The lowest BCUT2D eigenvalue weighted by Gasteiger charge is -2.13. The van der Waals surface area contributed by atoms with Gasteiger partial charge in [0, 0.05) is 27.2 Å². The third-order valence-corrected chi connectivity index (χ3v) is 1.18. The van der Waals surface area contributed by atoms with Crippen molar-refractivity contribution in [3.63, 3.8) is 0 Å². The third kappa shape index (κ3) is 3.45. The van der Waals surface area contributed by atoms with Gasteiger partial charge in [0.2, 0.25) is 0 Å². The Morgan fingerprint density at radius 1 is 1.55 bits per heavy atom. The van der Waals surface area contributed by atoms with Gasteiger partial charge in [0.05, 0.1) is 5.70 Å². The van der Waals surface area contributed by atoms with Gasteiger partial charge in [0.15, 0.2) is 5.78 Å². The van der Waals surface area contributed by atoms with E-state index in [1.165, 1.54) is 13.1 Å². The molecule has 0 aromatic carbocycles. The molecule has 0 saturated heterocycles. The van der Waals surface area contributed by atoms with Gasteiger partial charge in [-0.25, -0.2) is 0 Å². The summed E-state index contributed by atoms with van der Waals surface area (Å²) in [4.78, 5) is 12.7. The molecule has 0 amide bonds. The zero-order chi connectivity index (χ0) is 8.85. The maximum absolute atomic E-state index is 10.9. The highest BCUT2D eigenvalue weighted by Crippen LogP contribution is 1.97. The van der Waals surface area contributed by atoms with Crippen LogP contribution < -0.4 is 5.32 Å². The summed E-state index contributed by atoms with van der Waals surface area (Å²) < 4.78 is 0. The number of allylic oxidation sites excluding steroid dienone is 1. The SMILES string of the molecule is C=CN/C=C(/C(C)=O)N(C)C. The molecular formula is C8H14N2O. The van der Waals surface area contributed by atoms with E-state index in [2.05, 4.69) is 11.9 Å². The molecule has 0 bridgehead atoms. The average molecular weight is 154 g/mol. The standard InChI is InChI=1S/C8H14N2O/c1-5-9-6-8(7(2)11)10(3)4/h5-6,9H,1H2,2-4H3/b8-6-. The van der Waals surface area contributed by atoms with E-state index in [1.54, 1.807) is 11.1 Å². The predicted molar refractivity (Wildman–Crippen MR) is 45.8 cm³/mol. The Kier molecular flexibility index (Phi) is 4.03. The van der Waals surface area contributed by atoms with Crippen molar-refractivity contribution >= 4 is 5.78 Å². The van der Waals surface area contributed by atoms with Crippen LogP contribution in [0.2, 0.25) is 0 Å². The molecule has 62 valence electrons. The minimum Gasteiger partial charge on any atom is -0.374 e. The number of nitrogens with zero attached hydrogens (tertiary/aromatic N) is 1. The molecule has 0 unspecified atom stereocenters. The third-order valence-electron chi connectivity index (χ3n) is 1.18. The van der Waals surface area contributed by atoms with Gasteiger partial charge in [-0.05, 0) is 6.20 Å². The molecule has 0 atom stereocenters. The van der Waals surface area contributed by atoms with Gasteiger partial charge < -0.3 is 10.2 Å². The van der Waals surface area contributed by atoms with Crippen molar-refractivity contribution in [2.24, 2.45) is 0 Å². The lowest BCUT2D eigenvalue weighted by Crippen LogP contribution is -2.19. The van der Waals surface area contributed by atoms with Crippen LogP contribution in [0.15, 0.2) is 24.7 Å². The van der Waals surface area contributed by atoms with Gasteiger partial charge in [-0.1, -0.05) is 6.58 Å². The quantitative estimate of drug-likeness (QED) is 0.605. The van der Waals surface area contributed by atoms with Gasteiger partial charge >= 0.3 is 0 Å². The highest BCUT2D eigenvalue weighted by molar-refractivity contribution is 5.92. The predicted octanol–water partition coefficient (Wildman–Crippen LogP) is 0.711. The second-order valence-electron chi connectivity index (χ2n) is 2.35. The number of carbonyl (C=O) groups excluding carboxylic acids is 1. The summed E-state index contributed by atoms with van der Waals surface area (Å²) in [7, 11) is 3.63. The van der Waals surface area contributed by atoms with Crippen molar-refractivity contribution in [1.82, 2.24) is 10.2 Å². The van der Waals surface area contributed by atoms with E-state index in [0.29, 0.717) is 5.70 Å². The second-order valence-corrected chi connectivity index (χ2v) is 2.35. The van der Waals surface area contributed by atoms with Crippen LogP contribution in [-0.2, 0) is 4.79 Å². The van der Waals surface area contributed by atoms with Crippen molar-refractivity contribution < 1.29 is 4.79 Å². The molecule has 0 aliphatic carbocycles. The molecule has 0 radical (unpaired) electrons. The lowest BCUT2D eigenvalue weighted by atomic mass is 10.3. The number of hydrogen-bond acceptors (Lipinski definition) is 3. The van der Waals surface area contributed by atoms with Crippen LogP contribution in [-0.4, -0.2) is 24.8 Å². The maximum Gasteiger partial charge on any atom is 0.177 e. The fourth-order valence-corrected chi connectivity index (χ4v) is 0.683. The van der Waals surface area contributed by atoms with Crippen LogP contribution >= 0.6 is 0 Å². The summed E-state index contributed by atoms with van der Waals surface area (Å²) in [5.41, 5.74) is 0.630. The zero-order valence-electron chi connectivity index (χ0n) is 7.22. The van der Waals surface area contributed by atoms with E-state index in [4.69, 9.17) is 0 Å². The molecule has 3 heteroatoms. The minimum atomic E-state index is 0.0318. The maximum atomic E-state index is 10.9. The van der Waals surface area contributed by atoms with Crippen LogP contribution in [0.25, 0.3) is 0 Å². The molecule has 0 spiro atoms. The van der Waals surface area contributed by atoms with Gasteiger partial charge in [-0.2, -0.15) is 0 Å². The molecular weight excluding hydrogens is 140 g/mol. The Bertz CT molecular complexity index is 183. The first kappa shape index (κ1) is 9.75. The van der Waals surface area contributed by atoms with Crippen LogP contribution in [0.1, 0.15) is 6.92 Å². The van der Waals surface area contributed by atoms with Crippen molar-refractivity contribution in [2.45, 2.75) is 6.92 Å². The summed E-state index contributed by atoms with van der Waals surface area (Å²) >= 11 is 0. The molecule has 11 heavy (non-hydrogen) atoms. The van der Waals surface area contributed by atoms with Gasteiger partial charge in [-0.3, -0.25) is 4.79 Å². The van der Waals surface area contributed by atoms with Crippen molar-refractivity contribution in [3.8, 4) is 0 Å². The van der Waals surface area contributed by atoms with Crippen LogP contribution in [0.3, 0.4) is 0 Å². The average Bonchev–Trinajstić information content (AvgIpc) is 1.87. The number of Topliss-reactive ketones (excluding diaryl/α,β-unsaturated/α-hetero) is 1. The fourth-order valence-electron chi connectivity index (χ4n) is 0.683. The van der Waals surface area contributed by atoms with Crippen LogP contribution in [0.5, 0.6) is 0 Å². The van der Waals surface area contributed by atoms with E-state index >= 15 is 0 Å². The Morgan fingerprint density at radius 2 is 2.09 bits per heavy atom. The Morgan fingerprint density at radius 3 is 2.36 bits per heavy atom. The zero-order valence-corrected chi connectivity index (χ0v) is 7.22. The van der Waals surface area contributed by atoms with Gasteiger partial charge in [0.25, 0.3) is 0 Å². The van der Waals surface area contributed by atoms with Gasteiger partial charge in [0.1, 0.15) is 0 Å². The number of hydrogen-bond donors (Lipinski definition) is 1. The lowest BCUT2D eigenvalue weighted by molar-refractivity contribution is -0.114. The van der Waals surface area contributed by atoms with Crippen molar-refractivity contribution in [2.75, 3.05) is 14.1 Å². The minimum absolute atomic E-state index is 0.0318. The Labute approximate surface area is 67.4 Å². The fraction of sp³-hybridized carbons (Fsp3) is 0.375. The number of ketones is 1. The normalized spacial score (nSPS) is 10.6. The first-order valence-electron chi connectivity index (χ1n) is 3.35. The van der Waals surface area contributed by atoms with Gasteiger partial charge in [-0.15, -0.1) is 0 Å². The van der Waals surface area contributed by atoms with Crippen molar-refractivity contribution in [1.29, 1.82) is 0 Å². The topological polar surface area (TPSA) is 32.3 Å². The smallest absolute Gasteiger partial charge is 0.177 e. The molecule has 0 aliphatic rings.